The maximum atomic E-state index is 10.7. The van der Waals surface area contributed by atoms with Crippen molar-refractivity contribution in [2.75, 3.05) is 19.0 Å². The van der Waals surface area contributed by atoms with Crippen LogP contribution in [0.25, 0.3) is 11.5 Å². The van der Waals surface area contributed by atoms with Gasteiger partial charge in [0, 0.05) is 31.9 Å². The molecule has 0 aliphatic heterocycles. The highest BCUT2D eigenvalue weighted by Crippen LogP contribution is 2.32. The molecule has 0 spiro atoms. The van der Waals surface area contributed by atoms with Crippen molar-refractivity contribution in [1.29, 1.82) is 0 Å². The number of rotatable bonds is 3. The van der Waals surface area contributed by atoms with Crippen LogP contribution < -0.4 is 4.90 Å². The first-order valence-corrected chi connectivity index (χ1v) is 4.95. The molecule has 6 heteroatoms. The number of hydrogen-bond donors (Lipinski definition) is 0. The molecule has 0 aliphatic carbocycles. The second-order valence-corrected chi connectivity index (χ2v) is 3.69. The van der Waals surface area contributed by atoms with Crippen LogP contribution in [0.15, 0.2) is 35.1 Å². The Hall–Kier alpha value is -2.37. The Morgan fingerprint density at radius 3 is 2.71 bits per heavy atom. The number of hydrogen-bond acceptors (Lipinski definition) is 5. The molecule has 2 rings (SSSR count). The van der Waals surface area contributed by atoms with Crippen molar-refractivity contribution in [3.63, 3.8) is 0 Å². The van der Waals surface area contributed by atoms with Gasteiger partial charge in [-0.05, 0) is 6.07 Å². The van der Waals surface area contributed by atoms with Crippen LogP contribution in [-0.2, 0) is 0 Å². The average Bonchev–Trinajstić information content (AvgIpc) is 2.81. The molecule has 0 fully saturated rings. The van der Waals surface area contributed by atoms with Gasteiger partial charge >= 0.3 is 0 Å². The molecule has 1 heterocycles. The molecule has 0 saturated heterocycles. The zero-order valence-corrected chi connectivity index (χ0v) is 9.45. The van der Waals surface area contributed by atoms with E-state index in [1.54, 1.807) is 6.07 Å². The van der Waals surface area contributed by atoms with Crippen LogP contribution in [0.3, 0.4) is 0 Å². The summed E-state index contributed by atoms with van der Waals surface area (Å²) in [6.45, 7) is 0. The van der Waals surface area contributed by atoms with Gasteiger partial charge in [-0.2, -0.15) is 0 Å². The highest BCUT2D eigenvalue weighted by Gasteiger charge is 2.16. The summed E-state index contributed by atoms with van der Waals surface area (Å²) < 4.78 is 5.18. The molecule has 0 amide bonds. The summed E-state index contributed by atoms with van der Waals surface area (Å²) in [6, 6.07) is 4.60. The predicted octanol–water partition coefficient (Wildman–Crippen LogP) is 2.32. The third-order valence-corrected chi connectivity index (χ3v) is 2.34. The standard InChI is InChI=1S/C11H11N3O3/c1-13(2)10-4-3-8(14(15)16)7-9(10)11-12-5-6-17-11/h3-7H,1-2H3. The third kappa shape index (κ3) is 2.10. The summed E-state index contributed by atoms with van der Waals surface area (Å²) in [7, 11) is 3.71. The first-order chi connectivity index (χ1) is 8.09. The highest BCUT2D eigenvalue weighted by atomic mass is 16.6. The van der Waals surface area contributed by atoms with Crippen molar-refractivity contribution in [3.8, 4) is 11.5 Å². The molecule has 6 nitrogen and oxygen atoms in total. The number of anilines is 1. The van der Waals surface area contributed by atoms with Gasteiger partial charge in [-0.25, -0.2) is 4.98 Å². The van der Waals surface area contributed by atoms with Crippen LogP contribution in [0, 0.1) is 10.1 Å². The number of nitrogens with zero attached hydrogens (tertiary/aromatic N) is 3. The Morgan fingerprint density at radius 1 is 1.41 bits per heavy atom. The molecular weight excluding hydrogens is 222 g/mol. The van der Waals surface area contributed by atoms with Gasteiger partial charge in [0.05, 0.1) is 16.7 Å². The van der Waals surface area contributed by atoms with Gasteiger partial charge in [-0.15, -0.1) is 0 Å². The van der Waals surface area contributed by atoms with Gasteiger partial charge in [0.25, 0.3) is 5.69 Å². The van der Waals surface area contributed by atoms with E-state index in [1.165, 1.54) is 24.6 Å². The Balaban J connectivity index is 2.60. The van der Waals surface area contributed by atoms with Crippen LogP contribution in [-0.4, -0.2) is 24.0 Å². The fourth-order valence-corrected chi connectivity index (χ4v) is 1.56. The topological polar surface area (TPSA) is 72.4 Å². The monoisotopic (exact) mass is 233 g/mol. The second kappa shape index (κ2) is 4.25. The Morgan fingerprint density at radius 2 is 2.18 bits per heavy atom. The second-order valence-electron chi connectivity index (χ2n) is 3.69. The van der Waals surface area contributed by atoms with Crippen molar-refractivity contribution in [1.82, 2.24) is 4.98 Å². The number of non-ortho nitro benzene ring substituents is 1. The van der Waals surface area contributed by atoms with Crippen LogP contribution >= 0.6 is 0 Å². The molecule has 0 bridgehead atoms. The first-order valence-electron chi connectivity index (χ1n) is 4.95. The van der Waals surface area contributed by atoms with Gasteiger partial charge in [0.2, 0.25) is 5.89 Å². The Bertz CT molecular complexity index is 535. The van der Waals surface area contributed by atoms with Crippen LogP contribution in [0.5, 0.6) is 0 Å². The summed E-state index contributed by atoms with van der Waals surface area (Å²) in [5.74, 6) is 0.373. The summed E-state index contributed by atoms with van der Waals surface area (Å²) >= 11 is 0. The molecule has 0 saturated carbocycles. The van der Waals surface area contributed by atoms with E-state index in [0.717, 1.165) is 5.69 Å². The van der Waals surface area contributed by atoms with Crippen LogP contribution in [0.2, 0.25) is 0 Å². The van der Waals surface area contributed by atoms with E-state index >= 15 is 0 Å². The molecule has 0 radical (unpaired) electrons. The molecule has 1 aromatic carbocycles. The Labute approximate surface area is 97.6 Å². The lowest BCUT2D eigenvalue weighted by molar-refractivity contribution is -0.384. The van der Waals surface area contributed by atoms with E-state index in [2.05, 4.69) is 4.98 Å². The SMILES string of the molecule is CN(C)c1ccc([N+](=O)[O-])cc1-c1ncco1. The minimum absolute atomic E-state index is 0.0174. The summed E-state index contributed by atoms with van der Waals surface area (Å²) in [5, 5.41) is 10.7. The molecule has 0 atom stereocenters. The number of benzene rings is 1. The Kier molecular flexibility index (Phi) is 2.78. The lowest BCUT2D eigenvalue weighted by atomic mass is 10.1. The summed E-state index contributed by atoms with van der Waals surface area (Å²) in [5.41, 5.74) is 1.44. The predicted molar refractivity (Wildman–Crippen MR) is 62.9 cm³/mol. The fourth-order valence-electron chi connectivity index (χ4n) is 1.56. The molecule has 1 aromatic heterocycles. The van der Waals surface area contributed by atoms with E-state index in [9.17, 15) is 10.1 Å². The van der Waals surface area contributed by atoms with E-state index in [1.807, 2.05) is 19.0 Å². The largest absolute Gasteiger partial charge is 0.444 e. The van der Waals surface area contributed by atoms with Crippen molar-refractivity contribution >= 4 is 11.4 Å². The van der Waals surface area contributed by atoms with Crippen molar-refractivity contribution in [2.45, 2.75) is 0 Å². The maximum absolute atomic E-state index is 10.7. The zero-order chi connectivity index (χ0) is 12.4. The maximum Gasteiger partial charge on any atom is 0.270 e. The van der Waals surface area contributed by atoms with Gasteiger partial charge in [-0.3, -0.25) is 10.1 Å². The number of nitro groups is 1. The molecule has 2 aromatic rings. The van der Waals surface area contributed by atoms with Crippen LogP contribution in [0.4, 0.5) is 11.4 Å². The van der Waals surface area contributed by atoms with Gasteiger partial charge in [0.15, 0.2) is 0 Å². The normalized spacial score (nSPS) is 10.2. The quantitative estimate of drug-likeness (QED) is 0.600. The van der Waals surface area contributed by atoms with Crippen molar-refractivity contribution in [3.05, 3.63) is 40.8 Å². The minimum atomic E-state index is -0.439. The van der Waals surface area contributed by atoms with Gasteiger partial charge < -0.3 is 9.32 Å². The van der Waals surface area contributed by atoms with Crippen LogP contribution in [0.1, 0.15) is 0 Å². The lowest BCUT2D eigenvalue weighted by Gasteiger charge is -2.15. The highest BCUT2D eigenvalue weighted by molar-refractivity contribution is 5.75. The molecule has 88 valence electrons. The molecular formula is C11H11N3O3. The zero-order valence-electron chi connectivity index (χ0n) is 9.45. The molecule has 17 heavy (non-hydrogen) atoms. The number of nitro benzene ring substituents is 1. The fraction of sp³-hybridized carbons (Fsp3) is 0.182. The molecule has 0 unspecified atom stereocenters. The van der Waals surface area contributed by atoms with Crippen molar-refractivity contribution in [2.24, 2.45) is 0 Å². The minimum Gasteiger partial charge on any atom is -0.444 e. The summed E-state index contributed by atoms with van der Waals surface area (Å²) in [4.78, 5) is 16.2. The molecule has 0 aliphatic rings. The van der Waals surface area contributed by atoms with E-state index < -0.39 is 4.92 Å². The smallest absolute Gasteiger partial charge is 0.270 e. The number of oxazole rings is 1. The van der Waals surface area contributed by atoms with Gasteiger partial charge in [0.1, 0.15) is 6.26 Å². The van der Waals surface area contributed by atoms with Gasteiger partial charge in [-0.1, -0.05) is 0 Å². The average molecular weight is 233 g/mol. The number of aromatic nitrogens is 1. The lowest BCUT2D eigenvalue weighted by Crippen LogP contribution is -2.10. The van der Waals surface area contributed by atoms with E-state index in [4.69, 9.17) is 4.42 Å². The summed E-state index contributed by atoms with van der Waals surface area (Å²) in [6.07, 6.45) is 2.95. The first kappa shape index (κ1) is 11.1. The third-order valence-electron chi connectivity index (χ3n) is 2.34. The van der Waals surface area contributed by atoms with E-state index in [-0.39, 0.29) is 5.69 Å². The van der Waals surface area contributed by atoms with E-state index in [0.29, 0.717) is 11.5 Å². The van der Waals surface area contributed by atoms with Crippen molar-refractivity contribution < 1.29 is 9.34 Å². The molecule has 0 N–H and O–H groups in total.